The molecule has 0 spiro atoms. The van der Waals surface area contributed by atoms with Gasteiger partial charge in [0.1, 0.15) is 0 Å². The fourth-order valence-corrected chi connectivity index (χ4v) is 2.43. The Balaban J connectivity index is 2.77. The summed E-state index contributed by atoms with van der Waals surface area (Å²) in [7, 11) is 0. The second-order valence-corrected chi connectivity index (χ2v) is 5.52. The van der Waals surface area contributed by atoms with Crippen molar-refractivity contribution in [3.05, 3.63) is 26.2 Å². The van der Waals surface area contributed by atoms with Crippen molar-refractivity contribution in [3.8, 4) is 0 Å². The maximum absolute atomic E-state index is 11.6. The average molecular weight is 382 g/mol. The van der Waals surface area contributed by atoms with Gasteiger partial charge in [0.2, 0.25) is 5.91 Å². The second-order valence-electron chi connectivity index (χ2n) is 3.42. The molecule has 4 heteroatoms. The largest absolute Gasteiger partial charge is 0.325 e. The first kappa shape index (κ1) is 13.0. The molecule has 0 aliphatic heterocycles. The molecule has 0 saturated heterocycles. The van der Waals surface area contributed by atoms with Crippen LogP contribution in [-0.2, 0) is 4.79 Å². The van der Waals surface area contributed by atoms with E-state index in [0.29, 0.717) is 0 Å². The van der Waals surface area contributed by atoms with Crippen molar-refractivity contribution in [1.82, 2.24) is 0 Å². The number of carbonyl (C=O) groups is 1. The minimum Gasteiger partial charge on any atom is -0.325 e. The summed E-state index contributed by atoms with van der Waals surface area (Å²) in [6.07, 6.45) is 0.855. The second kappa shape index (κ2) is 5.84. The molecule has 1 amide bonds. The molecule has 0 aliphatic carbocycles. The molecule has 0 bridgehead atoms. The van der Waals surface area contributed by atoms with Crippen LogP contribution in [0.1, 0.15) is 20.3 Å². The molecule has 1 aromatic rings. The number of hydrogen-bond acceptors (Lipinski definition) is 1. The van der Waals surface area contributed by atoms with Crippen molar-refractivity contribution in [1.29, 1.82) is 0 Å². The van der Waals surface area contributed by atoms with Gasteiger partial charge >= 0.3 is 0 Å². The van der Waals surface area contributed by atoms with Gasteiger partial charge in [-0.2, -0.15) is 0 Å². The first-order valence-electron chi connectivity index (χ1n) is 4.80. The number of carbonyl (C=O) groups excluding carboxylic acids is 1. The third kappa shape index (κ3) is 3.75. The standard InChI is InChI=1S/C11H13BrINO/c1-3-7(2)11(15)14-10-5-4-8(13)6-9(10)12/h4-7H,3H2,1-2H3,(H,14,15). The van der Waals surface area contributed by atoms with Gasteiger partial charge in [0, 0.05) is 14.0 Å². The molecule has 82 valence electrons. The molecule has 0 radical (unpaired) electrons. The molecule has 1 N–H and O–H groups in total. The van der Waals surface area contributed by atoms with E-state index in [0.717, 1.165) is 20.2 Å². The van der Waals surface area contributed by atoms with E-state index in [9.17, 15) is 4.79 Å². The van der Waals surface area contributed by atoms with E-state index in [1.165, 1.54) is 0 Å². The Kier molecular flexibility index (Phi) is 5.05. The summed E-state index contributed by atoms with van der Waals surface area (Å²) in [6.45, 7) is 3.93. The van der Waals surface area contributed by atoms with Crippen LogP contribution in [0.3, 0.4) is 0 Å². The van der Waals surface area contributed by atoms with E-state index in [2.05, 4.69) is 43.8 Å². The number of rotatable bonds is 3. The fourth-order valence-electron chi connectivity index (χ4n) is 1.03. The van der Waals surface area contributed by atoms with Crippen LogP contribution in [0.5, 0.6) is 0 Å². The van der Waals surface area contributed by atoms with Crippen molar-refractivity contribution in [2.24, 2.45) is 5.92 Å². The smallest absolute Gasteiger partial charge is 0.227 e. The number of nitrogens with one attached hydrogen (secondary N) is 1. The third-order valence-electron chi connectivity index (χ3n) is 2.25. The molecule has 1 rings (SSSR count). The molecule has 0 aromatic heterocycles. The van der Waals surface area contributed by atoms with Crippen LogP contribution < -0.4 is 5.32 Å². The highest BCUT2D eigenvalue weighted by atomic mass is 127. The zero-order valence-corrected chi connectivity index (χ0v) is 12.4. The molecule has 1 atom stereocenters. The van der Waals surface area contributed by atoms with Gasteiger partial charge in [0.15, 0.2) is 0 Å². The van der Waals surface area contributed by atoms with Crippen molar-refractivity contribution in [2.45, 2.75) is 20.3 Å². The minimum absolute atomic E-state index is 0.0520. The molecule has 0 aliphatic rings. The lowest BCUT2D eigenvalue weighted by molar-refractivity contribution is -0.119. The zero-order valence-electron chi connectivity index (χ0n) is 8.68. The third-order valence-corrected chi connectivity index (χ3v) is 3.58. The first-order valence-corrected chi connectivity index (χ1v) is 6.67. The normalized spacial score (nSPS) is 12.3. The van der Waals surface area contributed by atoms with Gasteiger partial charge in [-0.1, -0.05) is 13.8 Å². The highest BCUT2D eigenvalue weighted by molar-refractivity contribution is 14.1. The van der Waals surface area contributed by atoms with Gasteiger partial charge < -0.3 is 5.32 Å². The number of anilines is 1. The SMILES string of the molecule is CCC(C)C(=O)Nc1ccc(I)cc1Br. The highest BCUT2D eigenvalue weighted by Gasteiger charge is 2.11. The lowest BCUT2D eigenvalue weighted by atomic mass is 10.1. The van der Waals surface area contributed by atoms with Gasteiger partial charge in [-0.15, -0.1) is 0 Å². The summed E-state index contributed by atoms with van der Waals surface area (Å²) in [5.74, 6) is 0.121. The van der Waals surface area contributed by atoms with Gasteiger partial charge in [-0.3, -0.25) is 4.79 Å². The quantitative estimate of drug-likeness (QED) is 0.786. The van der Waals surface area contributed by atoms with Crippen LogP contribution in [0.25, 0.3) is 0 Å². The maximum atomic E-state index is 11.6. The van der Waals surface area contributed by atoms with E-state index in [1.807, 2.05) is 32.0 Å². The Morgan fingerprint density at radius 3 is 2.80 bits per heavy atom. The lowest BCUT2D eigenvalue weighted by Gasteiger charge is -2.11. The van der Waals surface area contributed by atoms with Crippen LogP contribution in [0.4, 0.5) is 5.69 Å². The molecule has 1 aromatic carbocycles. The van der Waals surface area contributed by atoms with Crippen LogP contribution >= 0.6 is 38.5 Å². The summed E-state index contributed by atoms with van der Waals surface area (Å²) in [5.41, 5.74) is 0.834. The van der Waals surface area contributed by atoms with Crippen LogP contribution in [-0.4, -0.2) is 5.91 Å². The summed E-state index contributed by atoms with van der Waals surface area (Å²) in [4.78, 5) is 11.6. The molecule has 1 unspecified atom stereocenters. The van der Waals surface area contributed by atoms with E-state index in [1.54, 1.807) is 0 Å². The molecule has 0 saturated carbocycles. The Hall–Kier alpha value is -0.100. The van der Waals surface area contributed by atoms with Gasteiger partial charge in [0.05, 0.1) is 5.69 Å². The lowest BCUT2D eigenvalue weighted by Crippen LogP contribution is -2.19. The van der Waals surface area contributed by atoms with Crippen molar-refractivity contribution in [3.63, 3.8) is 0 Å². The van der Waals surface area contributed by atoms with Crippen LogP contribution in [0.15, 0.2) is 22.7 Å². The van der Waals surface area contributed by atoms with Crippen molar-refractivity contribution < 1.29 is 4.79 Å². The number of halogens is 2. The maximum Gasteiger partial charge on any atom is 0.227 e. The Labute approximate surface area is 112 Å². The van der Waals surface area contributed by atoms with Gasteiger partial charge in [-0.25, -0.2) is 0 Å². The first-order chi connectivity index (χ1) is 7.04. The number of hydrogen-bond donors (Lipinski definition) is 1. The van der Waals surface area contributed by atoms with Crippen LogP contribution in [0, 0.1) is 9.49 Å². The molecule has 0 fully saturated rings. The van der Waals surface area contributed by atoms with E-state index in [4.69, 9.17) is 0 Å². The van der Waals surface area contributed by atoms with E-state index >= 15 is 0 Å². The summed E-state index contributed by atoms with van der Waals surface area (Å²) in [6, 6.07) is 5.86. The van der Waals surface area contributed by atoms with Crippen LogP contribution in [0.2, 0.25) is 0 Å². The van der Waals surface area contributed by atoms with Gasteiger partial charge in [0.25, 0.3) is 0 Å². The Morgan fingerprint density at radius 2 is 2.27 bits per heavy atom. The Bertz CT molecular complexity index is 368. The predicted molar refractivity (Wildman–Crippen MR) is 74.9 cm³/mol. The highest BCUT2D eigenvalue weighted by Crippen LogP contribution is 2.25. The fraction of sp³-hybridized carbons (Fsp3) is 0.364. The number of benzene rings is 1. The van der Waals surface area contributed by atoms with Crippen molar-refractivity contribution in [2.75, 3.05) is 5.32 Å². The summed E-state index contributed by atoms with van der Waals surface area (Å²) >= 11 is 5.66. The monoisotopic (exact) mass is 381 g/mol. The van der Waals surface area contributed by atoms with Gasteiger partial charge in [-0.05, 0) is 63.1 Å². The topological polar surface area (TPSA) is 29.1 Å². The average Bonchev–Trinajstić information content (AvgIpc) is 2.20. The summed E-state index contributed by atoms with van der Waals surface area (Å²) < 4.78 is 2.06. The van der Waals surface area contributed by atoms with E-state index in [-0.39, 0.29) is 11.8 Å². The predicted octanol–water partition coefficient (Wildman–Crippen LogP) is 4.04. The Morgan fingerprint density at radius 1 is 1.60 bits per heavy atom. The molecular weight excluding hydrogens is 369 g/mol. The molecule has 15 heavy (non-hydrogen) atoms. The summed E-state index contributed by atoms with van der Waals surface area (Å²) in [5, 5.41) is 2.90. The minimum atomic E-state index is 0.0520. The van der Waals surface area contributed by atoms with E-state index < -0.39 is 0 Å². The molecular formula is C11H13BrINO. The molecule has 2 nitrogen and oxygen atoms in total. The van der Waals surface area contributed by atoms with Crippen molar-refractivity contribution >= 4 is 50.1 Å². The zero-order chi connectivity index (χ0) is 11.4. The molecule has 0 heterocycles. The number of amides is 1.